The first kappa shape index (κ1) is 19.8. The van der Waals surface area contributed by atoms with Gasteiger partial charge in [0, 0.05) is 48.5 Å². The van der Waals surface area contributed by atoms with Crippen LogP contribution in [0.15, 0.2) is 42.6 Å². The first-order valence-corrected chi connectivity index (χ1v) is 10.9. The highest BCUT2D eigenvalue weighted by Crippen LogP contribution is 2.32. The average Bonchev–Trinajstić information content (AvgIpc) is 3.11. The number of para-hydroxylation sites is 2. The monoisotopic (exact) mass is 416 g/mol. The van der Waals surface area contributed by atoms with Gasteiger partial charge in [-0.1, -0.05) is 12.1 Å². The number of imidazole rings is 1. The number of hydrogen-bond donors (Lipinski definition) is 2. The van der Waals surface area contributed by atoms with Crippen LogP contribution in [0, 0.1) is 0 Å². The molecule has 0 aliphatic carbocycles. The molecule has 7 heteroatoms. The molecule has 3 aromatic heterocycles. The van der Waals surface area contributed by atoms with E-state index in [2.05, 4.69) is 35.4 Å². The molecule has 2 atom stereocenters. The third-order valence-electron chi connectivity index (χ3n) is 5.81. The lowest BCUT2D eigenvalue weighted by Crippen LogP contribution is -2.54. The topological polar surface area (TPSA) is 74.6 Å². The maximum absolute atomic E-state index is 13.2. The summed E-state index contributed by atoms with van der Waals surface area (Å²) < 4.78 is 2.03. The zero-order valence-electron chi connectivity index (χ0n) is 18.4. The molecular formula is C24H28N6O. The Bertz CT molecular complexity index is 1280. The Kier molecular flexibility index (Phi) is 4.78. The fourth-order valence-electron chi connectivity index (χ4n) is 4.71. The lowest BCUT2D eigenvalue weighted by Gasteiger charge is -2.38. The SMILES string of the molecule is CC(C)NC(=O)c1cc2c(N3C[C@@H](C)N[C@@H](C)C3)ccnc2n2c1nc1ccccc12. The number of benzene rings is 1. The van der Waals surface area contributed by atoms with E-state index in [9.17, 15) is 4.79 Å². The van der Waals surface area contributed by atoms with Gasteiger partial charge in [0.2, 0.25) is 0 Å². The molecule has 2 N–H and O–H groups in total. The van der Waals surface area contributed by atoms with Crippen molar-refractivity contribution in [2.24, 2.45) is 0 Å². The van der Waals surface area contributed by atoms with Crippen LogP contribution in [0.1, 0.15) is 38.1 Å². The number of piperazine rings is 1. The standard InChI is InChI=1S/C24H28N6O/c1-14(2)26-24(31)18-11-17-20(29-12-15(3)27-16(4)13-29)9-10-25-22(17)30-21-8-6-5-7-19(21)28-23(18)30/h5-11,14-16,27H,12-13H2,1-4H3,(H,26,31)/t15-,16+. The van der Waals surface area contributed by atoms with Gasteiger partial charge in [-0.3, -0.25) is 9.20 Å². The highest BCUT2D eigenvalue weighted by atomic mass is 16.1. The number of rotatable bonds is 3. The Balaban J connectivity index is 1.82. The smallest absolute Gasteiger partial charge is 0.255 e. The quantitative estimate of drug-likeness (QED) is 0.536. The fourth-order valence-corrected chi connectivity index (χ4v) is 4.71. The Labute approximate surface area is 181 Å². The molecular weight excluding hydrogens is 388 g/mol. The highest BCUT2D eigenvalue weighted by Gasteiger charge is 2.25. The number of anilines is 1. The van der Waals surface area contributed by atoms with Crippen molar-refractivity contribution in [2.45, 2.75) is 45.8 Å². The van der Waals surface area contributed by atoms with Crippen LogP contribution in [0.2, 0.25) is 0 Å². The van der Waals surface area contributed by atoms with Crippen molar-refractivity contribution in [1.82, 2.24) is 25.0 Å². The molecule has 1 aliphatic heterocycles. The van der Waals surface area contributed by atoms with Crippen molar-refractivity contribution < 1.29 is 4.79 Å². The summed E-state index contributed by atoms with van der Waals surface area (Å²) in [5.41, 5.74) is 4.93. The number of aromatic nitrogens is 3. The van der Waals surface area contributed by atoms with Crippen molar-refractivity contribution in [1.29, 1.82) is 0 Å². The summed E-state index contributed by atoms with van der Waals surface area (Å²) >= 11 is 0. The zero-order valence-corrected chi connectivity index (χ0v) is 18.4. The predicted molar refractivity (Wildman–Crippen MR) is 125 cm³/mol. The molecule has 7 nitrogen and oxygen atoms in total. The molecule has 0 spiro atoms. The number of carbonyl (C=O) groups excluding carboxylic acids is 1. The molecule has 0 bridgehead atoms. The largest absolute Gasteiger partial charge is 0.368 e. The van der Waals surface area contributed by atoms with Crippen LogP contribution >= 0.6 is 0 Å². The van der Waals surface area contributed by atoms with Gasteiger partial charge in [-0.2, -0.15) is 0 Å². The van der Waals surface area contributed by atoms with Gasteiger partial charge in [-0.15, -0.1) is 0 Å². The number of nitrogens with zero attached hydrogens (tertiary/aromatic N) is 4. The van der Waals surface area contributed by atoms with E-state index >= 15 is 0 Å². The van der Waals surface area contributed by atoms with Crippen LogP contribution in [0.3, 0.4) is 0 Å². The summed E-state index contributed by atoms with van der Waals surface area (Å²) in [6.45, 7) is 10.1. The molecule has 4 aromatic rings. The average molecular weight is 417 g/mol. The molecule has 1 fully saturated rings. The Morgan fingerprint density at radius 3 is 2.61 bits per heavy atom. The Morgan fingerprint density at radius 1 is 1.13 bits per heavy atom. The van der Waals surface area contributed by atoms with Gasteiger partial charge in [-0.25, -0.2) is 9.97 Å². The van der Waals surface area contributed by atoms with E-state index in [0.717, 1.165) is 40.8 Å². The number of amides is 1. The van der Waals surface area contributed by atoms with E-state index in [-0.39, 0.29) is 11.9 Å². The minimum Gasteiger partial charge on any atom is -0.368 e. The maximum Gasteiger partial charge on any atom is 0.255 e. The van der Waals surface area contributed by atoms with Gasteiger partial charge in [0.25, 0.3) is 5.91 Å². The Hall–Kier alpha value is -3.19. The lowest BCUT2D eigenvalue weighted by atomic mass is 10.1. The van der Waals surface area contributed by atoms with Gasteiger partial charge in [0.05, 0.1) is 16.6 Å². The van der Waals surface area contributed by atoms with Crippen LogP contribution in [0.25, 0.3) is 27.7 Å². The summed E-state index contributed by atoms with van der Waals surface area (Å²) in [4.78, 5) is 25.1. The number of fused-ring (bicyclic) bond motifs is 5. The minimum absolute atomic E-state index is 0.0378. The van der Waals surface area contributed by atoms with Crippen molar-refractivity contribution in [2.75, 3.05) is 18.0 Å². The van der Waals surface area contributed by atoms with Crippen molar-refractivity contribution in [3.05, 3.63) is 48.2 Å². The summed E-state index contributed by atoms with van der Waals surface area (Å²) in [5, 5.41) is 7.59. The van der Waals surface area contributed by atoms with Gasteiger partial charge in [-0.05, 0) is 52.0 Å². The van der Waals surface area contributed by atoms with Crippen LogP contribution in [0.5, 0.6) is 0 Å². The first-order valence-electron chi connectivity index (χ1n) is 10.9. The molecule has 1 aromatic carbocycles. The van der Waals surface area contributed by atoms with Crippen LogP contribution in [-0.2, 0) is 0 Å². The fraction of sp³-hybridized carbons (Fsp3) is 0.375. The third kappa shape index (κ3) is 3.39. The summed E-state index contributed by atoms with van der Waals surface area (Å²) in [5.74, 6) is -0.117. The zero-order chi connectivity index (χ0) is 21.7. The number of nitrogens with one attached hydrogen (secondary N) is 2. The second kappa shape index (κ2) is 7.50. The predicted octanol–water partition coefficient (Wildman–Crippen LogP) is 3.36. The van der Waals surface area contributed by atoms with E-state index in [1.54, 1.807) is 0 Å². The molecule has 1 aliphatic rings. The van der Waals surface area contributed by atoms with Crippen molar-refractivity contribution >= 4 is 39.3 Å². The van der Waals surface area contributed by atoms with E-state index < -0.39 is 0 Å². The van der Waals surface area contributed by atoms with Crippen molar-refractivity contribution in [3.8, 4) is 0 Å². The summed E-state index contributed by atoms with van der Waals surface area (Å²) in [7, 11) is 0. The Morgan fingerprint density at radius 2 is 1.87 bits per heavy atom. The molecule has 31 heavy (non-hydrogen) atoms. The molecule has 160 valence electrons. The van der Waals surface area contributed by atoms with Crippen molar-refractivity contribution in [3.63, 3.8) is 0 Å². The van der Waals surface area contributed by atoms with Crippen LogP contribution < -0.4 is 15.5 Å². The van der Waals surface area contributed by atoms with Gasteiger partial charge in [0.1, 0.15) is 5.65 Å². The van der Waals surface area contributed by atoms with E-state index in [4.69, 9.17) is 9.97 Å². The highest BCUT2D eigenvalue weighted by molar-refractivity contribution is 6.07. The normalized spacial score (nSPS) is 19.6. The molecule has 0 saturated carbocycles. The number of hydrogen-bond acceptors (Lipinski definition) is 5. The van der Waals surface area contributed by atoms with Gasteiger partial charge in [0.15, 0.2) is 5.65 Å². The minimum atomic E-state index is -0.117. The van der Waals surface area contributed by atoms with Gasteiger partial charge < -0.3 is 15.5 Å². The van der Waals surface area contributed by atoms with E-state index in [1.807, 2.05) is 54.8 Å². The molecule has 4 heterocycles. The van der Waals surface area contributed by atoms with Crippen LogP contribution in [-0.4, -0.2) is 51.5 Å². The first-order chi connectivity index (χ1) is 14.9. The second-order valence-corrected chi connectivity index (χ2v) is 8.89. The molecule has 1 amide bonds. The summed E-state index contributed by atoms with van der Waals surface area (Å²) in [6, 6.07) is 12.8. The number of carbonyl (C=O) groups is 1. The molecule has 5 rings (SSSR count). The van der Waals surface area contributed by atoms with E-state index in [0.29, 0.717) is 23.3 Å². The third-order valence-corrected chi connectivity index (χ3v) is 5.81. The van der Waals surface area contributed by atoms with E-state index in [1.165, 1.54) is 0 Å². The molecule has 0 radical (unpaired) electrons. The molecule has 0 unspecified atom stereocenters. The van der Waals surface area contributed by atoms with Gasteiger partial charge >= 0.3 is 0 Å². The molecule has 1 saturated heterocycles. The second-order valence-electron chi connectivity index (χ2n) is 8.89. The number of pyridine rings is 2. The summed E-state index contributed by atoms with van der Waals surface area (Å²) in [6.07, 6.45) is 1.86. The lowest BCUT2D eigenvalue weighted by molar-refractivity contribution is 0.0944. The van der Waals surface area contributed by atoms with Crippen LogP contribution in [0.4, 0.5) is 5.69 Å². The maximum atomic E-state index is 13.2.